The van der Waals surface area contributed by atoms with Crippen LogP contribution in [0.25, 0.3) is 0 Å². The van der Waals surface area contributed by atoms with Gasteiger partial charge in [-0.2, -0.15) is 0 Å². The summed E-state index contributed by atoms with van der Waals surface area (Å²) >= 11 is 1.66. The van der Waals surface area contributed by atoms with Gasteiger partial charge in [0.25, 0.3) is 0 Å². The Labute approximate surface area is 108 Å². The Morgan fingerprint density at radius 1 is 1.35 bits per heavy atom. The molecule has 3 heteroatoms. The molecule has 1 unspecified atom stereocenters. The Morgan fingerprint density at radius 3 is 2.71 bits per heavy atom. The molecule has 1 amide bonds. The molecular weight excluding hydrogens is 230 g/mol. The number of thioether (sulfide) groups is 1. The minimum absolute atomic E-state index is 0.145. The van der Waals surface area contributed by atoms with E-state index in [4.69, 9.17) is 0 Å². The molecule has 1 atom stereocenters. The van der Waals surface area contributed by atoms with Crippen molar-refractivity contribution in [2.45, 2.75) is 38.5 Å². The lowest BCUT2D eigenvalue weighted by atomic mass is 10.2. The van der Waals surface area contributed by atoms with Gasteiger partial charge in [0.1, 0.15) is 0 Å². The molecule has 0 aliphatic heterocycles. The zero-order valence-corrected chi connectivity index (χ0v) is 11.4. The number of amides is 1. The van der Waals surface area contributed by atoms with Gasteiger partial charge in [-0.15, -0.1) is 11.8 Å². The van der Waals surface area contributed by atoms with E-state index in [-0.39, 0.29) is 5.91 Å². The van der Waals surface area contributed by atoms with Crippen molar-refractivity contribution in [2.75, 3.05) is 5.75 Å². The number of benzene rings is 1. The zero-order valence-electron chi connectivity index (χ0n) is 10.6. The van der Waals surface area contributed by atoms with Gasteiger partial charge < -0.3 is 5.32 Å². The number of hydrogen-bond acceptors (Lipinski definition) is 2. The summed E-state index contributed by atoms with van der Waals surface area (Å²) in [5.41, 5.74) is 1.27. The molecule has 0 saturated carbocycles. The fourth-order valence-electron chi connectivity index (χ4n) is 1.66. The molecule has 0 aromatic heterocycles. The quantitative estimate of drug-likeness (QED) is 0.806. The summed E-state index contributed by atoms with van der Waals surface area (Å²) in [6, 6.07) is 10.5. The first kappa shape index (κ1) is 14.1. The van der Waals surface area contributed by atoms with Crippen LogP contribution in [0, 0.1) is 0 Å². The van der Waals surface area contributed by atoms with Crippen LogP contribution >= 0.6 is 11.8 Å². The van der Waals surface area contributed by atoms with Crippen molar-refractivity contribution in [1.29, 1.82) is 0 Å². The minimum atomic E-state index is 0.145. The molecule has 0 saturated heterocycles. The van der Waals surface area contributed by atoms with Gasteiger partial charge in [0.15, 0.2) is 0 Å². The average molecular weight is 251 g/mol. The van der Waals surface area contributed by atoms with Crippen molar-refractivity contribution < 1.29 is 4.79 Å². The minimum Gasteiger partial charge on any atom is -0.353 e. The Bertz CT molecular complexity index is 326. The number of rotatable bonds is 7. The molecule has 94 valence electrons. The molecule has 0 fully saturated rings. The average Bonchev–Trinajstić information content (AvgIpc) is 2.30. The third-order valence-corrected chi connectivity index (χ3v) is 3.48. The summed E-state index contributed by atoms with van der Waals surface area (Å²) < 4.78 is 0. The van der Waals surface area contributed by atoms with E-state index in [9.17, 15) is 4.79 Å². The van der Waals surface area contributed by atoms with Crippen molar-refractivity contribution >= 4 is 17.7 Å². The van der Waals surface area contributed by atoms with Crippen LogP contribution in [0.4, 0.5) is 0 Å². The molecular formula is C14H21NOS. The summed E-state index contributed by atoms with van der Waals surface area (Å²) in [5.74, 6) is 1.59. The standard InChI is InChI=1S/C14H21NOS/c1-3-7-12(2)15-14(16)11-17-10-13-8-5-4-6-9-13/h4-6,8-9,12H,3,7,10-11H2,1-2H3,(H,15,16). The van der Waals surface area contributed by atoms with Crippen LogP contribution in [0.15, 0.2) is 30.3 Å². The van der Waals surface area contributed by atoms with Crippen LogP contribution in [0.5, 0.6) is 0 Å². The Balaban J connectivity index is 2.16. The van der Waals surface area contributed by atoms with E-state index in [0.717, 1.165) is 18.6 Å². The molecule has 1 aromatic rings. The molecule has 1 aromatic carbocycles. The number of nitrogens with one attached hydrogen (secondary N) is 1. The Morgan fingerprint density at radius 2 is 2.06 bits per heavy atom. The predicted molar refractivity (Wildman–Crippen MR) is 75.1 cm³/mol. The maximum atomic E-state index is 11.6. The van der Waals surface area contributed by atoms with Gasteiger partial charge >= 0.3 is 0 Å². The van der Waals surface area contributed by atoms with Gasteiger partial charge in [0.2, 0.25) is 5.91 Å². The summed E-state index contributed by atoms with van der Waals surface area (Å²) in [7, 11) is 0. The van der Waals surface area contributed by atoms with E-state index in [1.54, 1.807) is 11.8 Å². The van der Waals surface area contributed by atoms with Crippen molar-refractivity contribution in [2.24, 2.45) is 0 Å². The first-order chi connectivity index (χ1) is 8.22. The van der Waals surface area contributed by atoms with Crippen LogP contribution in [0.1, 0.15) is 32.3 Å². The number of carbonyl (C=O) groups excluding carboxylic acids is 1. The van der Waals surface area contributed by atoms with Crippen LogP contribution in [0.3, 0.4) is 0 Å². The van der Waals surface area contributed by atoms with E-state index in [0.29, 0.717) is 11.8 Å². The fourth-order valence-corrected chi connectivity index (χ4v) is 2.46. The molecule has 17 heavy (non-hydrogen) atoms. The van der Waals surface area contributed by atoms with Gasteiger partial charge in [-0.1, -0.05) is 43.7 Å². The van der Waals surface area contributed by atoms with Crippen LogP contribution in [-0.4, -0.2) is 17.7 Å². The van der Waals surface area contributed by atoms with Gasteiger partial charge in [0, 0.05) is 11.8 Å². The second-order valence-electron chi connectivity index (χ2n) is 4.24. The van der Waals surface area contributed by atoms with Crippen LogP contribution in [-0.2, 0) is 10.5 Å². The third-order valence-electron chi connectivity index (χ3n) is 2.47. The summed E-state index contributed by atoms with van der Waals surface area (Å²) in [4.78, 5) is 11.6. The summed E-state index contributed by atoms with van der Waals surface area (Å²) in [5, 5.41) is 3.01. The second-order valence-corrected chi connectivity index (χ2v) is 5.22. The number of carbonyl (C=O) groups is 1. The highest BCUT2D eigenvalue weighted by molar-refractivity contribution is 7.99. The molecule has 1 rings (SSSR count). The summed E-state index contributed by atoms with van der Waals surface area (Å²) in [6.45, 7) is 4.19. The van der Waals surface area contributed by atoms with E-state index in [2.05, 4.69) is 31.3 Å². The van der Waals surface area contributed by atoms with Crippen molar-refractivity contribution in [3.63, 3.8) is 0 Å². The monoisotopic (exact) mass is 251 g/mol. The maximum absolute atomic E-state index is 11.6. The van der Waals surface area contributed by atoms with Crippen molar-refractivity contribution in [3.8, 4) is 0 Å². The predicted octanol–water partition coefficient (Wildman–Crippen LogP) is 3.22. The molecule has 1 N–H and O–H groups in total. The number of hydrogen-bond donors (Lipinski definition) is 1. The lowest BCUT2D eigenvalue weighted by molar-refractivity contribution is -0.119. The highest BCUT2D eigenvalue weighted by Crippen LogP contribution is 2.11. The molecule has 0 radical (unpaired) electrons. The van der Waals surface area contributed by atoms with Crippen LogP contribution < -0.4 is 5.32 Å². The molecule has 0 bridgehead atoms. The first-order valence-electron chi connectivity index (χ1n) is 6.13. The van der Waals surface area contributed by atoms with E-state index in [1.165, 1.54) is 5.56 Å². The second kappa shape index (κ2) is 8.18. The zero-order chi connectivity index (χ0) is 12.5. The Kier molecular flexibility index (Phi) is 6.78. The lowest BCUT2D eigenvalue weighted by Gasteiger charge is -2.12. The van der Waals surface area contributed by atoms with Gasteiger partial charge in [0.05, 0.1) is 5.75 Å². The molecule has 2 nitrogen and oxygen atoms in total. The molecule has 0 heterocycles. The van der Waals surface area contributed by atoms with E-state index >= 15 is 0 Å². The van der Waals surface area contributed by atoms with E-state index in [1.807, 2.05) is 18.2 Å². The van der Waals surface area contributed by atoms with Gasteiger partial charge in [-0.25, -0.2) is 0 Å². The molecule has 0 aliphatic carbocycles. The van der Waals surface area contributed by atoms with Gasteiger partial charge in [-0.3, -0.25) is 4.79 Å². The topological polar surface area (TPSA) is 29.1 Å². The normalized spacial score (nSPS) is 12.1. The largest absolute Gasteiger partial charge is 0.353 e. The molecule has 0 spiro atoms. The highest BCUT2D eigenvalue weighted by atomic mass is 32.2. The highest BCUT2D eigenvalue weighted by Gasteiger charge is 2.06. The van der Waals surface area contributed by atoms with Crippen molar-refractivity contribution in [3.05, 3.63) is 35.9 Å². The third kappa shape index (κ3) is 6.37. The SMILES string of the molecule is CCCC(C)NC(=O)CSCc1ccccc1. The summed E-state index contributed by atoms with van der Waals surface area (Å²) in [6.07, 6.45) is 2.16. The Hall–Kier alpha value is -0.960. The maximum Gasteiger partial charge on any atom is 0.230 e. The van der Waals surface area contributed by atoms with E-state index < -0.39 is 0 Å². The fraction of sp³-hybridized carbons (Fsp3) is 0.500. The smallest absolute Gasteiger partial charge is 0.230 e. The van der Waals surface area contributed by atoms with Crippen molar-refractivity contribution in [1.82, 2.24) is 5.32 Å². The van der Waals surface area contributed by atoms with Crippen LogP contribution in [0.2, 0.25) is 0 Å². The first-order valence-corrected chi connectivity index (χ1v) is 7.29. The van der Waals surface area contributed by atoms with Gasteiger partial charge in [-0.05, 0) is 18.9 Å². The lowest BCUT2D eigenvalue weighted by Crippen LogP contribution is -2.33. The molecule has 0 aliphatic rings.